The topological polar surface area (TPSA) is 55.4 Å². The van der Waals surface area contributed by atoms with Crippen LogP contribution in [0.4, 0.5) is 13.2 Å². The molecule has 4 nitrogen and oxygen atoms in total. The molecule has 0 aliphatic rings. The molecule has 0 saturated heterocycles. The van der Waals surface area contributed by atoms with Gasteiger partial charge >= 0.3 is 16.3 Å². The van der Waals surface area contributed by atoms with Gasteiger partial charge in [0.25, 0.3) is 0 Å². The highest BCUT2D eigenvalue weighted by Crippen LogP contribution is 2.31. The van der Waals surface area contributed by atoms with E-state index < -0.39 is 26.8 Å². The van der Waals surface area contributed by atoms with Crippen molar-refractivity contribution in [3.8, 4) is 5.75 Å². The summed E-state index contributed by atoms with van der Waals surface area (Å²) in [5, 5.41) is 3.21. The minimum absolute atomic E-state index is 0.0331. The van der Waals surface area contributed by atoms with Gasteiger partial charge in [-0.05, 0) is 35.9 Å². The summed E-state index contributed by atoms with van der Waals surface area (Å²) in [4.78, 5) is -0.548. The van der Waals surface area contributed by atoms with Gasteiger partial charge in [-0.1, -0.05) is 32.0 Å². The largest absolute Gasteiger partial charge is 0.416 e. The quantitative estimate of drug-likeness (QED) is 0.779. The zero-order valence-corrected chi connectivity index (χ0v) is 14.5. The first-order valence-electron chi connectivity index (χ1n) is 7.52. The Kier molecular flexibility index (Phi) is 5.74. The van der Waals surface area contributed by atoms with Crippen LogP contribution in [0.2, 0.25) is 0 Å². The van der Waals surface area contributed by atoms with Crippen molar-refractivity contribution in [3.63, 3.8) is 0 Å². The molecule has 0 aliphatic carbocycles. The minimum atomic E-state index is -4.63. The molecule has 2 aromatic rings. The molecule has 0 radical (unpaired) electrons. The maximum atomic E-state index is 12.7. The highest BCUT2D eigenvalue weighted by atomic mass is 32.2. The van der Waals surface area contributed by atoms with E-state index in [1.54, 1.807) is 12.1 Å². The molecule has 2 aromatic carbocycles. The Bertz CT molecular complexity index is 816. The number of nitrogens with one attached hydrogen (secondary N) is 1. The Morgan fingerprint density at radius 2 is 1.72 bits per heavy atom. The van der Waals surface area contributed by atoms with Gasteiger partial charge in [0.2, 0.25) is 0 Å². The van der Waals surface area contributed by atoms with Crippen LogP contribution in [0.25, 0.3) is 0 Å². The fourth-order valence-electron chi connectivity index (χ4n) is 1.99. The van der Waals surface area contributed by atoms with Crippen LogP contribution in [0.5, 0.6) is 5.75 Å². The smallest absolute Gasteiger partial charge is 0.379 e. The Balaban J connectivity index is 2.16. The summed E-state index contributed by atoms with van der Waals surface area (Å²) in [7, 11) is -4.35. The van der Waals surface area contributed by atoms with E-state index in [4.69, 9.17) is 4.18 Å². The van der Waals surface area contributed by atoms with Crippen LogP contribution in [-0.4, -0.2) is 14.5 Å². The second-order valence-electron chi connectivity index (χ2n) is 5.74. The molecule has 0 atom stereocenters. The van der Waals surface area contributed by atoms with E-state index in [1.807, 2.05) is 13.8 Å². The SMILES string of the molecule is CC(C)NCc1ccc(OS(=O)(=O)c2cccc(C(F)(F)F)c2)cc1. The summed E-state index contributed by atoms with van der Waals surface area (Å²) < 4.78 is 67.4. The molecule has 136 valence electrons. The Morgan fingerprint density at radius 1 is 1.08 bits per heavy atom. The van der Waals surface area contributed by atoms with E-state index in [0.717, 1.165) is 23.8 Å². The van der Waals surface area contributed by atoms with E-state index in [1.165, 1.54) is 12.1 Å². The Morgan fingerprint density at radius 3 is 2.28 bits per heavy atom. The molecule has 0 aromatic heterocycles. The number of rotatable bonds is 6. The molecule has 0 unspecified atom stereocenters. The second kappa shape index (κ2) is 7.45. The van der Waals surface area contributed by atoms with Gasteiger partial charge in [-0.15, -0.1) is 0 Å². The van der Waals surface area contributed by atoms with Gasteiger partial charge in [-0.25, -0.2) is 0 Å². The molecule has 0 aliphatic heterocycles. The monoisotopic (exact) mass is 373 g/mol. The lowest BCUT2D eigenvalue weighted by atomic mass is 10.2. The van der Waals surface area contributed by atoms with Crippen molar-refractivity contribution >= 4 is 10.1 Å². The van der Waals surface area contributed by atoms with Crippen LogP contribution in [0.1, 0.15) is 25.0 Å². The van der Waals surface area contributed by atoms with Crippen LogP contribution in [0.3, 0.4) is 0 Å². The zero-order valence-electron chi connectivity index (χ0n) is 13.7. The zero-order chi connectivity index (χ0) is 18.7. The third kappa shape index (κ3) is 5.47. The summed E-state index contributed by atoms with van der Waals surface area (Å²) in [5.74, 6) is 0.0331. The van der Waals surface area contributed by atoms with Crippen molar-refractivity contribution in [3.05, 3.63) is 59.7 Å². The summed E-state index contributed by atoms with van der Waals surface area (Å²) in [6.45, 7) is 4.61. The average Bonchev–Trinajstić information content (AvgIpc) is 2.53. The van der Waals surface area contributed by atoms with E-state index in [0.29, 0.717) is 18.7 Å². The Labute approximate surface area is 144 Å². The number of hydrogen-bond acceptors (Lipinski definition) is 4. The predicted molar refractivity (Wildman–Crippen MR) is 87.7 cm³/mol. The number of hydrogen-bond donors (Lipinski definition) is 1. The van der Waals surface area contributed by atoms with Gasteiger partial charge in [0.1, 0.15) is 10.6 Å². The number of benzene rings is 2. The van der Waals surface area contributed by atoms with Crippen molar-refractivity contribution in [2.24, 2.45) is 0 Å². The van der Waals surface area contributed by atoms with Gasteiger partial charge in [0.15, 0.2) is 0 Å². The molecule has 0 saturated carbocycles. The fourth-order valence-corrected chi connectivity index (χ4v) is 2.96. The third-order valence-electron chi connectivity index (χ3n) is 3.29. The standard InChI is InChI=1S/C17H18F3NO3S/c1-12(2)21-11-13-6-8-15(9-7-13)24-25(22,23)16-5-3-4-14(10-16)17(18,19)20/h3-10,12,21H,11H2,1-2H3. The number of halogens is 3. The summed E-state index contributed by atoms with van der Waals surface area (Å²) in [5.41, 5.74) is -0.121. The molecular weight excluding hydrogens is 355 g/mol. The molecule has 0 amide bonds. The lowest BCUT2D eigenvalue weighted by molar-refractivity contribution is -0.137. The lowest BCUT2D eigenvalue weighted by Gasteiger charge is -2.11. The van der Waals surface area contributed by atoms with Gasteiger partial charge in [-0.3, -0.25) is 0 Å². The van der Waals surface area contributed by atoms with Crippen molar-refractivity contribution in [2.45, 2.75) is 37.5 Å². The molecule has 0 spiro atoms. The molecule has 25 heavy (non-hydrogen) atoms. The van der Waals surface area contributed by atoms with Crippen molar-refractivity contribution in [1.82, 2.24) is 5.32 Å². The van der Waals surface area contributed by atoms with Gasteiger partial charge < -0.3 is 9.50 Å². The molecule has 0 heterocycles. The molecule has 0 fully saturated rings. The van der Waals surface area contributed by atoms with Crippen LogP contribution in [-0.2, 0) is 22.8 Å². The molecular formula is C17H18F3NO3S. The van der Waals surface area contributed by atoms with Gasteiger partial charge in [0, 0.05) is 12.6 Å². The van der Waals surface area contributed by atoms with E-state index in [9.17, 15) is 21.6 Å². The van der Waals surface area contributed by atoms with E-state index in [-0.39, 0.29) is 5.75 Å². The minimum Gasteiger partial charge on any atom is -0.379 e. The summed E-state index contributed by atoms with van der Waals surface area (Å²) in [6, 6.07) is 10.0. The molecule has 8 heteroatoms. The second-order valence-corrected chi connectivity index (χ2v) is 7.29. The van der Waals surface area contributed by atoms with Crippen molar-refractivity contribution in [2.75, 3.05) is 0 Å². The molecule has 0 bridgehead atoms. The van der Waals surface area contributed by atoms with E-state index >= 15 is 0 Å². The highest BCUT2D eigenvalue weighted by Gasteiger charge is 2.32. The third-order valence-corrected chi connectivity index (χ3v) is 4.54. The van der Waals surface area contributed by atoms with Crippen molar-refractivity contribution in [1.29, 1.82) is 0 Å². The summed E-state index contributed by atoms with van der Waals surface area (Å²) >= 11 is 0. The Hall–Kier alpha value is -2.06. The van der Waals surface area contributed by atoms with Crippen LogP contribution < -0.4 is 9.50 Å². The van der Waals surface area contributed by atoms with Crippen LogP contribution in [0.15, 0.2) is 53.4 Å². The fraction of sp³-hybridized carbons (Fsp3) is 0.294. The average molecular weight is 373 g/mol. The van der Waals surface area contributed by atoms with Gasteiger partial charge in [-0.2, -0.15) is 21.6 Å². The summed E-state index contributed by atoms with van der Waals surface area (Å²) in [6.07, 6.45) is -4.63. The van der Waals surface area contributed by atoms with Crippen LogP contribution >= 0.6 is 0 Å². The maximum absolute atomic E-state index is 12.7. The van der Waals surface area contributed by atoms with Crippen molar-refractivity contribution < 1.29 is 25.8 Å². The lowest BCUT2D eigenvalue weighted by Crippen LogP contribution is -2.21. The van der Waals surface area contributed by atoms with E-state index in [2.05, 4.69) is 5.32 Å². The maximum Gasteiger partial charge on any atom is 0.416 e. The molecule has 1 N–H and O–H groups in total. The number of alkyl halides is 3. The first-order valence-corrected chi connectivity index (χ1v) is 8.93. The normalized spacial score (nSPS) is 12.4. The van der Waals surface area contributed by atoms with Crippen LogP contribution in [0, 0.1) is 0 Å². The first kappa shape index (κ1) is 19.3. The highest BCUT2D eigenvalue weighted by molar-refractivity contribution is 7.87. The first-order chi connectivity index (χ1) is 11.6. The van der Waals surface area contributed by atoms with Gasteiger partial charge in [0.05, 0.1) is 5.56 Å². The molecule has 2 rings (SSSR count). The predicted octanol–water partition coefficient (Wildman–Crippen LogP) is 3.97.